The van der Waals surface area contributed by atoms with E-state index in [1.807, 2.05) is 44.7 Å². The Morgan fingerprint density at radius 1 is 1.08 bits per heavy atom. The molecule has 0 spiro atoms. The van der Waals surface area contributed by atoms with Gasteiger partial charge in [-0.3, -0.25) is 9.58 Å². The standard InChI is InChI=1S/C29H57N3O8.C6H9N3O/c1-18(2)8-9-22(15-23-14-21(33)16-29(37,40-23)17-24(34)19(3)4)39-28-27(36)25(26(35)20(5)38-28)32(12-6-10-30)13-7-11-31;10-4-2-1-3-9-6-7-5-8-9/h8-9,18-28,33-37H,6-7,10-17,30-31H2,1-5H3;4-6H,1-3H2/b9-8+;/t20?,21?,22-,23?,24+,25?,26?,27?,28?,29-;/m0./s1. The van der Waals surface area contributed by atoms with Gasteiger partial charge in [-0.05, 0) is 70.6 Å². The molecule has 0 bridgehead atoms. The number of unbranched alkanes of at least 4 members (excludes halogenated alkanes) is 1. The molecule has 0 amide bonds. The van der Waals surface area contributed by atoms with Crippen LogP contribution in [0, 0.1) is 11.8 Å². The molecule has 10 atom stereocenters. The second-order valence-electron chi connectivity index (χ2n) is 14.3. The van der Waals surface area contributed by atoms with E-state index in [4.69, 9.17) is 25.7 Å². The summed E-state index contributed by atoms with van der Waals surface area (Å²) < 4.78 is 20.1. The Hall–Kier alpha value is -1.89. The van der Waals surface area contributed by atoms with Gasteiger partial charge in [0.1, 0.15) is 25.0 Å². The number of hydrogen-bond acceptors (Lipinski definition) is 14. The third kappa shape index (κ3) is 15.4. The smallest absolute Gasteiger partial charge is 0.186 e. The summed E-state index contributed by atoms with van der Waals surface area (Å²) >= 11 is 0. The molecule has 15 heteroatoms. The molecular formula is C35H66N6O9. The van der Waals surface area contributed by atoms with E-state index in [1.54, 1.807) is 17.9 Å². The lowest BCUT2D eigenvalue weighted by Gasteiger charge is -2.47. The lowest BCUT2D eigenvalue weighted by atomic mass is 9.89. The fraction of sp³-hybridized carbons (Fsp3) is 0.857. The summed E-state index contributed by atoms with van der Waals surface area (Å²) in [7, 11) is 0. The number of aromatic nitrogens is 3. The largest absolute Gasteiger partial charge is 0.393 e. The average molecular weight is 715 g/mol. The molecule has 0 aromatic carbocycles. The number of hydrogen-bond donors (Lipinski definition) is 7. The van der Waals surface area contributed by atoms with Gasteiger partial charge < -0.3 is 56.0 Å². The van der Waals surface area contributed by atoms with E-state index >= 15 is 0 Å². The molecule has 3 rings (SSSR count). The Kier molecular flexibility index (Phi) is 20.3. The molecular weight excluding hydrogens is 648 g/mol. The number of aliphatic hydroxyl groups excluding tert-OH is 4. The first-order chi connectivity index (χ1) is 23.7. The Labute approximate surface area is 298 Å². The number of aryl methyl sites for hydroxylation is 1. The highest BCUT2D eigenvalue weighted by atomic mass is 16.7. The SMILES string of the molecule is CC(C)/C=C/[C@@H](CC1CC(O)C[C@@](O)(C[C@@H](O)C(C)C)O1)OC1OC(C)C(O)C(N(CCCN)CCCN)C1O.O=CCCCn1cncn1. The van der Waals surface area contributed by atoms with E-state index < -0.39 is 60.8 Å². The van der Waals surface area contributed by atoms with Crippen LogP contribution in [-0.2, 0) is 25.5 Å². The zero-order valence-electron chi connectivity index (χ0n) is 30.7. The van der Waals surface area contributed by atoms with Gasteiger partial charge in [0, 0.05) is 32.2 Å². The van der Waals surface area contributed by atoms with Gasteiger partial charge in [-0.25, -0.2) is 4.98 Å². The van der Waals surface area contributed by atoms with Gasteiger partial charge in [0.25, 0.3) is 0 Å². The number of aldehydes is 1. The van der Waals surface area contributed by atoms with Crippen molar-refractivity contribution in [3.8, 4) is 0 Å². The minimum absolute atomic E-state index is 0.00540. The maximum Gasteiger partial charge on any atom is 0.186 e. The Balaban J connectivity index is 0.000000739. The first-order valence-electron chi connectivity index (χ1n) is 18.2. The molecule has 9 N–H and O–H groups in total. The predicted molar refractivity (Wildman–Crippen MR) is 188 cm³/mol. The third-order valence-electron chi connectivity index (χ3n) is 8.99. The molecule has 290 valence electrons. The quantitative estimate of drug-likeness (QED) is 0.0560. The van der Waals surface area contributed by atoms with Crippen molar-refractivity contribution >= 4 is 6.29 Å². The van der Waals surface area contributed by atoms with Crippen LogP contribution in [0.25, 0.3) is 0 Å². The Morgan fingerprint density at radius 3 is 2.32 bits per heavy atom. The van der Waals surface area contributed by atoms with Crippen molar-refractivity contribution in [2.45, 2.75) is 153 Å². The molecule has 0 radical (unpaired) electrons. The second-order valence-corrected chi connectivity index (χ2v) is 14.3. The molecule has 7 unspecified atom stereocenters. The van der Waals surface area contributed by atoms with E-state index in [9.17, 15) is 30.3 Å². The molecule has 2 saturated heterocycles. The minimum atomic E-state index is -1.66. The van der Waals surface area contributed by atoms with E-state index in [0.717, 1.165) is 19.3 Å². The van der Waals surface area contributed by atoms with Crippen molar-refractivity contribution in [2.75, 3.05) is 26.2 Å². The first kappa shape index (κ1) is 44.3. The van der Waals surface area contributed by atoms with Crippen molar-refractivity contribution in [3.05, 3.63) is 24.8 Å². The highest BCUT2D eigenvalue weighted by molar-refractivity contribution is 5.48. The van der Waals surface area contributed by atoms with Gasteiger partial charge in [-0.15, -0.1) is 0 Å². The Morgan fingerprint density at radius 2 is 1.76 bits per heavy atom. The summed E-state index contributed by atoms with van der Waals surface area (Å²) in [6, 6.07) is -0.628. The number of nitrogens with zero attached hydrogens (tertiary/aromatic N) is 4. The topological polar surface area (TPSA) is 232 Å². The maximum atomic E-state index is 11.4. The fourth-order valence-electron chi connectivity index (χ4n) is 6.20. The summed E-state index contributed by atoms with van der Waals surface area (Å²) in [5, 5.41) is 58.4. The van der Waals surface area contributed by atoms with E-state index in [1.165, 1.54) is 6.33 Å². The van der Waals surface area contributed by atoms with Crippen LogP contribution >= 0.6 is 0 Å². The molecule has 2 aliphatic rings. The summed E-state index contributed by atoms with van der Waals surface area (Å²) in [5.74, 6) is -1.49. The van der Waals surface area contributed by atoms with E-state index in [2.05, 4.69) is 10.1 Å². The molecule has 3 heterocycles. The molecule has 0 aliphatic carbocycles. The zero-order valence-corrected chi connectivity index (χ0v) is 30.7. The molecule has 2 fully saturated rings. The number of carbonyl (C=O) groups is 1. The predicted octanol–water partition coefficient (Wildman–Crippen LogP) is 0.701. The molecule has 1 aromatic heterocycles. The van der Waals surface area contributed by atoms with Crippen molar-refractivity contribution in [1.29, 1.82) is 0 Å². The number of ether oxygens (including phenoxy) is 3. The van der Waals surface area contributed by atoms with E-state index in [0.29, 0.717) is 58.3 Å². The van der Waals surface area contributed by atoms with Crippen LogP contribution in [0.3, 0.4) is 0 Å². The highest BCUT2D eigenvalue weighted by Gasteiger charge is 2.47. The average Bonchev–Trinajstić information content (AvgIpc) is 3.57. The lowest BCUT2D eigenvalue weighted by molar-refractivity contribution is -0.304. The normalized spacial score (nSPS) is 30.1. The van der Waals surface area contributed by atoms with Crippen LogP contribution in [-0.4, -0.2) is 139 Å². The Bertz CT molecular complexity index is 1060. The number of carbonyl (C=O) groups excluding carboxylic acids is 1. The van der Waals surface area contributed by atoms with Gasteiger partial charge in [0.2, 0.25) is 0 Å². The second kappa shape index (κ2) is 22.9. The van der Waals surface area contributed by atoms with Gasteiger partial charge in [0.15, 0.2) is 12.1 Å². The highest BCUT2D eigenvalue weighted by Crippen LogP contribution is 2.35. The molecule has 2 aliphatic heterocycles. The van der Waals surface area contributed by atoms with Gasteiger partial charge in [-0.2, -0.15) is 5.10 Å². The van der Waals surface area contributed by atoms with E-state index in [-0.39, 0.29) is 24.7 Å². The van der Waals surface area contributed by atoms with Crippen LogP contribution in [0.15, 0.2) is 24.8 Å². The van der Waals surface area contributed by atoms with Crippen LogP contribution in [0.5, 0.6) is 0 Å². The van der Waals surface area contributed by atoms with Crippen LogP contribution in [0.2, 0.25) is 0 Å². The third-order valence-corrected chi connectivity index (χ3v) is 8.99. The van der Waals surface area contributed by atoms with Crippen LogP contribution in [0.4, 0.5) is 0 Å². The van der Waals surface area contributed by atoms with Crippen LogP contribution in [0.1, 0.15) is 86.0 Å². The van der Waals surface area contributed by atoms with Gasteiger partial charge >= 0.3 is 0 Å². The first-order valence-corrected chi connectivity index (χ1v) is 18.2. The fourth-order valence-corrected chi connectivity index (χ4v) is 6.20. The molecule has 15 nitrogen and oxygen atoms in total. The number of rotatable bonds is 20. The summed E-state index contributed by atoms with van der Waals surface area (Å²) in [6.45, 7) is 12.5. The van der Waals surface area contributed by atoms with Gasteiger partial charge in [-0.1, -0.05) is 39.8 Å². The molecule has 0 saturated carbocycles. The number of nitrogens with two attached hydrogens (primary N) is 2. The molecule has 50 heavy (non-hydrogen) atoms. The number of allylic oxidation sites excluding steroid dienone is 1. The zero-order chi connectivity index (χ0) is 37.3. The van der Waals surface area contributed by atoms with Crippen molar-refractivity contribution < 1.29 is 44.5 Å². The summed E-state index contributed by atoms with van der Waals surface area (Å²) in [6.07, 6.45) is 4.96. The number of aliphatic hydroxyl groups is 5. The van der Waals surface area contributed by atoms with Crippen molar-refractivity contribution in [1.82, 2.24) is 19.7 Å². The van der Waals surface area contributed by atoms with Crippen molar-refractivity contribution in [3.63, 3.8) is 0 Å². The minimum Gasteiger partial charge on any atom is -0.393 e. The maximum absolute atomic E-state index is 11.4. The van der Waals surface area contributed by atoms with Crippen LogP contribution < -0.4 is 11.5 Å². The monoisotopic (exact) mass is 714 g/mol. The van der Waals surface area contributed by atoms with Gasteiger partial charge in [0.05, 0.1) is 42.7 Å². The lowest BCUT2D eigenvalue weighted by Crippen LogP contribution is -2.64. The van der Waals surface area contributed by atoms with Crippen molar-refractivity contribution in [2.24, 2.45) is 23.3 Å². The summed E-state index contributed by atoms with van der Waals surface area (Å²) in [4.78, 5) is 15.7. The molecule has 1 aromatic rings. The summed E-state index contributed by atoms with van der Waals surface area (Å²) in [5.41, 5.74) is 11.5.